The van der Waals surface area contributed by atoms with Gasteiger partial charge in [-0.15, -0.1) is 0 Å². The van der Waals surface area contributed by atoms with Crippen molar-refractivity contribution < 1.29 is 4.74 Å². The Morgan fingerprint density at radius 1 is 1.47 bits per heavy atom. The molecule has 0 aromatic heterocycles. The summed E-state index contributed by atoms with van der Waals surface area (Å²) < 4.78 is 5.06. The van der Waals surface area contributed by atoms with Crippen LogP contribution in [0.4, 0.5) is 0 Å². The number of ether oxygens (including phenoxy) is 1. The number of rotatable bonds is 8. The van der Waals surface area contributed by atoms with Gasteiger partial charge in [-0.25, -0.2) is 0 Å². The number of nitrogens with zero attached hydrogens (tertiary/aromatic N) is 1. The molecule has 0 aliphatic heterocycles. The van der Waals surface area contributed by atoms with E-state index in [2.05, 4.69) is 38.3 Å². The lowest BCUT2D eigenvalue weighted by Gasteiger charge is -2.42. The summed E-state index contributed by atoms with van der Waals surface area (Å²) in [6.07, 6.45) is 3.14. The summed E-state index contributed by atoms with van der Waals surface area (Å²) in [6.45, 7) is 5.23. The molecule has 0 rings (SSSR count). The Bertz CT molecular complexity index is 164. The number of hydrogen-bond acceptors (Lipinski definition) is 4. The fourth-order valence-electron chi connectivity index (χ4n) is 1.88. The monoisotopic (exact) mass is 217 g/mol. The Morgan fingerprint density at radius 3 is 2.40 bits per heavy atom. The second-order valence-corrected chi connectivity index (χ2v) is 4.46. The molecule has 0 bridgehead atoms. The van der Waals surface area contributed by atoms with Crippen LogP contribution in [0.1, 0.15) is 33.1 Å². The molecule has 0 amide bonds. The van der Waals surface area contributed by atoms with E-state index in [4.69, 9.17) is 10.6 Å². The third kappa shape index (κ3) is 4.07. The van der Waals surface area contributed by atoms with Gasteiger partial charge in [0.05, 0.1) is 0 Å². The lowest BCUT2D eigenvalue weighted by molar-refractivity contribution is 0.0994. The summed E-state index contributed by atoms with van der Waals surface area (Å²) >= 11 is 0. The van der Waals surface area contributed by atoms with E-state index in [0.717, 1.165) is 25.9 Å². The molecule has 0 heterocycles. The zero-order valence-electron chi connectivity index (χ0n) is 10.8. The van der Waals surface area contributed by atoms with Gasteiger partial charge in [0, 0.05) is 25.3 Å². The first-order valence-corrected chi connectivity index (χ1v) is 5.65. The minimum atomic E-state index is 0.0997. The van der Waals surface area contributed by atoms with Crippen molar-refractivity contribution in [1.82, 2.24) is 10.3 Å². The number of hydrazine groups is 1. The molecule has 0 aromatic carbocycles. The van der Waals surface area contributed by atoms with Crippen molar-refractivity contribution in [2.24, 2.45) is 5.84 Å². The third-order valence-corrected chi connectivity index (χ3v) is 3.53. The van der Waals surface area contributed by atoms with Gasteiger partial charge in [-0.3, -0.25) is 11.3 Å². The predicted molar refractivity (Wildman–Crippen MR) is 64.6 cm³/mol. The molecular weight excluding hydrogens is 190 g/mol. The molecule has 0 aromatic rings. The highest BCUT2D eigenvalue weighted by Crippen LogP contribution is 2.23. The van der Waals surface area contributed by atoms with Gasteiger partial charge < -0.3 is 9.64 Å². The minimum Gasteiger partial charge on any atom is -0.385 e. The lowest BCUT2D eigenvalue weighted by atomic mass is 9.85. The molecule has 92 valence electrons. The Kier molecular flexibility index (Phi) is 7.09. The van der Waals surface area contributed by atoms with Crippen LogP contribution in [0.2, 0.25) is 0 Å². The van der Waals surface area contributed by atoms with Crippen molar-refractivity contribution in [3.8, 4) is 0 Å². The van der Waals surface area contributed by atoms with E-state index >= 15 is 0 Å². The summed E-state index contributed by atoms with van der Waals surface area (Å²) in [5.74, 6) is 5.64. The molecule has 0 saturated carbocycles. The van der Waals surface area contributed by atoms with Gasteiger partial charge in [-0.05, 0) is 40.3 Å². The topological polar surface area (TPSA) is 50.5 Å². The second-order valence-electron chi connectivity index (χ2n) is 4.46. The van der Waals surface area contributed by atoms with Crippen LogP contribution >= 0.6 is 0 Å². The molecule has 0 aliphatic carbocycles. The lowest BCUT2D eigenvalue weighted by Crippen LogP contribution is -2.58. The van der Waals surface area contributed by atoms with Gasteiger partial charge in [0.15, 0.2) is 0 Å². The number of methoxy groups -OCH3 is 1. The van der Waals surface area contributed by atoms with Crippen LogP contribution < -0.4 is 11.3 Å². The largest absolute Gasteiger partial charge is 0.385 e. The van der Waals surface area contributed by atoms with E-state index in [1.54, 1.807) is 7.11 Å². The van der Waals surface area contributed by atoms with Crippen LogP contribution in [-0.2, 0) is 4.74 Å². The highest BCUT2D eigenvalue weighted by Gasteiger charge is 2.33. The van der Waals surface area contributed by atoms with Crippen LogP contribution in [-0.4, -0.2) is 44.3 Å². The van der Waals surface area contributed by atoms with E-state index in [9.17, 15) is 0 Å². The first kappa shape index (κ1) is 14.8. The first-order chi connectivity index (χ1) is 7.02. The SMILES string of the molecule is CCC(C)(C(CCCOC)NN)N(C)C. The number of hydrogen-bond donors (Lipinski definition) is 2. The number of likely N-dealkylation sites (N-methyl/N-ethyl adjacent to an activating group) is 1. The normalized spacial score (nSPS) is 17.8. The Labute approximate surface area is 94.1 Å². The maximum Gasteiger partial charge on any atom is 0.0462 e. The van der Waals surface area contributed by atoms with Crippen LogP contribution in [0.15, 0.2) is 0 Å². The molecule has 0 saturated heterocycles. The summed E-state index contributed by atoms with van der Waals surface area (Å²) in [5.41, 5.74) is 3.04. The molecule has 0 spiro atoms. The zero-order chi connectivity index (χ0) is 11.9. The predicted octanol–water partition coefficient (Wildman–Crippen LogP) is 0.975. The smallest absolute Gasteiger partial charge is 0.0462 e. The highest BCUT2D eigenvalue weighted by molar-refractivity contribution is 4.92. The second kappa shape index (κ2) is 7.17. The van der Waals surface area contributed by atoms with Crippen molar-refractivity contribution in [3.63, 3.8) is 0 Å². The molecule has 3 N–H and O–H groups in total. The van der Waals surface area contributed by atoms with Crippen molar-refractivity contribution in [2.75, 3.05) is 27.8 Å². The van der Waals surface area contributed by atoms with Crippen LogP contribution in [0.3, 0.4) is 0 Å². The molecule has 0 aliphatic rings. The quantitative estimate of drug-likeness (QED) is 0.361. The Morgan fingerprint density at radius 2 is 2.07 bits per heavy atom. The van der Waals surface area contributed by atoms with Gasteiger partial charge in [0.2, 0.25) is 0 Å². The molecular formula is C11H27N3O. The van der Waals surface area contributed by atoms with Crippen LogP contribution in [0.25, 0.3) is 0 Å². The maximum atomic E-state index is 5.64. The minimum absolute atomic E-state index is 0.0997. The summed E-state index contributed by atoms with van der Waals surface area (Å²) in [7, 11) is 5.93. The molecule has 4 heteroatoms. The van der Waals surface area contributed by atoms with E-state index in [1.807, 2.05) is 0 Å². The Hall–Kier alpha value is -0.160. The average Bonchev–Trinajstić information content (AvgIpc) is 2.23. The van der Waals surface area contributed by atoms with Gasteiger partial charge in [0.25, 0.3) is 0 Å². The fraction of sp³-hybridized carbons (Fsp3) is 1.00. The number of nitrogens with two attached hydrogens (primary N) is 1. The molecule has 2 unspecified atom stereocenters. The maximum absolute atomic E-state index is 5.64. The van der Waals surface area contributed by atoms with Crippen LogP contribution in [0.5, 0.6) is 0 Å². The summed E-state index contributed by atoms with van der Waals surface area (Å²) in [4.78, 5) is 2.24. The molecule has 0 fully saturated rings. The van der Waals surface area contributed by atoms with Gasteiger partial charge in [0.1, 0.15) is 0 Å². The zero-order valence-corrected chi connectivity index (χ0v) is 10.8. The van der Waals surface area contributed by atoms with Gasteiger partial charge in [-0.1, -0.05) is 6.92 Å². The number of nitrogens with one attached hydrogen (secondary N) is 1. The van der Waals surface area contributed by atoms with Crippen molar-refractivity contribution in [1.29, 1.82) is 0 Å². The molecule has 4 nitrogen and oxygen atoms in total. The van der Waals surface area contributed by atoms with Gasteiger partial charge in [-0.2, -0.15) is 0 Å². The van der Waals surface area contributed by atoms with E-state index in [1.165, 1.54) is 0 Å². The first-order valence-electron chi connectivity index (χ1n) is 5.65. The highest BCUT2D eigenvalue weighted by atomic mass is 16.5. The third-order valence-electron chi connectivity index (χ3n) is 3.53. The van der Waals surface area contributed by atoms with E-state index < -0.39 is 0 Å². The fourth-order valence-corrected chi connectivity index (χ4v) is 1.88. The molecule has 15 heavy (non-hydrogen) atoms. The van der Waals surface area contributed by atoms with E-state index in [0.29, 0.717) is 6.04 Å². The summed E-state index contributed by atoms with van der Waals surface area (Å²) in [6, 6.07) is 0.299. The summed E-state index contributed by atoms with van der Waals surface area (Å²) in [5, 5.41) is 0. The Balaban J connectivity index is 4.33. The van der Waals surface area contributed by atoms with Crippen LogP contribution in [0, 0.1) is 0 Å². The average molecular weight is 217 g/mol. The van der Waals surface area contributed by atoms with Gasteiger partial charge >= 0.3 is 0 Å². The standard InChI is InChI=1S/C11H27N3O/c1-6-11(2,14(3)4)10(13-12)8-7-9-15-5/h10,13H,6-9,12H2,1-5H3. The van der Waals surface area contributed by atoms with Crippen molar-refractivity contribution in [3.05, 3.63) is 0 Å². The molecule has 0 radical (unpaired) electrons. The van der Waals surface area contributed by atoms with E-state index in [-0.39, 0.29) is 5.54 Å². The molecule has 2 atom stereocenters. The van der Waals surface area contributed by atoms with Crippen molar-refractivity contribution in [2.45, 2.75) is 44.7 Å². The van der Waals surface area contributed by atoms with Crippen molar-refractivity contribution >= 4 is 0 Å².